The molecule has 4 rings (SSSR count). The minimum atomic E-state index is -0.160. The number of amides is 1. The van der Waals surface area contributed by atoms with E-state index in [0.29, 0.717) is 24.2 Å². The molecule has 2 N–H and O–H groups in total. The Balaban J connectivity index is 1.31. The summed E-state index contributed by atoms with van der Waals surface area (Å²) >= 11 is 0. The van der Waals surface area contributed by atoms with Crippen molar-refractivity contribution in [3.05, 3.63) is 41.9 Å². The van der Waals surface area contributed by atoms with Gasteiger partial charge in [-0.3, -0.25) is 9.48 Å². The van der Waals surface area contributed by atoms with Gasteiger partial charge in [-0.25, -0.2) is 4.98 Å². The summed E-state index contributed by atoms with van der Waals surface area (Å²) in [5, 5.41) is 10.8. The quantitative estimate of drug-likeness (QED) is 0.817. The van der Waals surface area contributed by atoms with E-state index in [1.807, 2.05) is 23.0 Å². The van der Waals surface area contributed by atoms with Crippen molar-refractivity contribution in [1.82, 2.24) is 25.4 Å². The standard InChI is InChI=1S/C20H27N5O2/c26-20(18-8-11-25(24-18)16-4-3-9-21-14-16)23-13-15-7-10-22-19(12-15)27-17-5-1-2-6-17/h7-8,10-12,16-17,21H,1-6,9,13-14H2,(H,23,26). The van der Waals surface area contributed by atoms with Crippen molar-refractivity contribution in [2.45, 2.75) is 57.2 Å². The Morgan fingerprint density at radius 1 is 1.26 bits per heavy atom. The fourth-order valence-corrected chi connectivity index (χ4v) is 3.80. The Labute approximate surface area is 159 Å². The van der Waals surface area contributed by atoms with Crippen LogP contribution in [-0.2, 0) is 6.54 Å². The van der Waals surface area contributed by atoms with Gasteiger partial charge >= 0.3 is 0 Å². The van der Waals surface area contributed by atoms with Crippen molar-refractivity contribution in [3.8, 4) is 5.88 Å². The molecule has 7 nitrogen and oxygen atoms in total. The molecular weight excluding hydrogens is 342 g/mol. The number of aromatic nitrogens is 3. The summed E-state index contributed by atoms with van der Waals surface area (Å²) in [5.74, 6) is 0.482. The maximum atomic E-state index is 12.4. The van der Waals surface area contributed by atoms with Crippen LogP contribution in [0.4, 0.5) is 0 Å². The summed E-state index contributed by atoms with van der Waals surface area (Å²) in [7, 11) is 0. The lowest BCUT2D eigenvalue weighted by atomic mass is 10.1. The number of hydrogen-bond donors (Lipinski definition) is 2. The summed E-state index contributed by atoms with van der Waals surface area (Å²) in [6, 6.07) is 5.92. The SMILES string of the molecule is O=C(NCc1ccnc(OC2CCCC2)c1)c1ccn(C2CCCNC2)n1. The molecule has 144 valence electrons. The fraction of sp³-hybridized carbons (Fsp3) is 0.550. The first-order valence-corrected chi connectivity index (χ1v) is 9.93. The molecule has 1 amide bonds. The number of carbonyl (C=O) groups excluding carboxylic acids is 1. The lowest BCUT2D eigenvalue weighted by molar-refractivity contribution is 0.0944. The summed E-state index contributed by atoms with van der Waals surface area (Å²) < 4.78 is 7.84. The van der Waals surface area contributed by atoms with Crippen molar-refractivity contribution in [1.29, 1.82) is 0 Å². The lowest BCUT2D eigenvalue weighted by Crippen LogP contribution is -2.32. The second-order valence-corrected chi connectivity index (χ2v) is 7.39. The van der Waals surface area contributed by atoms with Crippen LogP contribution in [0.3, 0.4) is 0 Å². The molecule has 1 atom stereocenters. The number of hydrogen-bond acceptors (Lipinski definition) is 5. The van der Waals surface area contributed by atoms with Gasteiger partial charge in [0.25, 0.3) is 5.91 Å². The normalized spacial score (nSPS) is 20.5. The molecule has 0 aromatic carbocycles. The summed E-state index contributed by atoms with van der Waals surface area (Å²) in [6.45, 7) is 2.40. The van der Waals surface area contributed by atoms with Gasteiger partial charge in [0.1, 0.15) is 11.8 Å². The van der Waals surface area contributed by atoms with Gasteiger partial charge in [0.05, 0.1) is 6.04 Å². The maximum absolute atomic E-state index is 12.4. The van der Waals surface area contributed by atoms with Gasteiger partial charge < -0.3 is 15.4 Å². The van der Waals surface area contributed by atoms with Crippen molar-refractivity contribution in [3.63, 3.8) is 0 Å². The van der Waals surface area contributed by atoms with Crippen molar-refractivity contribution in [2.75, 3.05) is 13.1 Å². The summed E-state index contributed by atoms with van der Waals surface area (Å²) in [6.07, 6.45) is 10.8. The van der Waals surface area contributed by atoms with Crippen LogP contribution in [0.15, 0.2) is 30.6 Å². The first kappa shape index (κ1) is 18.0. The molecule has 3 heterocycles. The molecule has 0 bridgehead atoms. The predicted octanol–water partition coefficient (Wildman–Crippen LogP) is 2.45. The lowest BCUT2D eigenvalue weighted by Gasteiger charge is -2.22. The van der Waals surface area contributed by atoms with Gasteiger partial charge in [-0.15, -0.1) is 0 Å². The van der Waals surface area contributed by atoms with Crippen LogP contribution in [0, 0.1) is 0 Å². The fourth-order valence-electron chi connectivity index (χ4n) is 3.80. The van der Waals surface area contributed by atoms with Crippen LogP contribution in [0.5, 0.6) is 5.88 Å². The largest absolute Gasteiger partial charge is 0.474 e. The number of carbonyl (C=O) groups is 1. The second kappa shape index (κ2) is 8.52. The zero-order chi connectivity index (χ0) is 18.5. The van der Waals surface area contributed by atoms with E-state index in [4.69, 9.17) is 4.74 Å². The van der Waals surface area contributed by atoms with E-state index in [0.717, 1.165) is 44.3 Å². The average Bonchev–Trinajstić information content (AvgIpc) is 3.39. The van der Waals surface area contributed by atoms with Crippen LogP contribution < -0.4 is 15.4 Å². The molecule has 2 aromatic rings. The van der Waals surface area contributed by atoms with E-state index >= 15 is 0 Å². The number of pyridine rings is 1. The monoisotopic (exact) mass is 369 g/mol. The van der Waals surface area contributed by atoms with E-state index < -0.39 is 0 Å². The van der Waals surface area contributed by atoms with Crippen LogP contribution >= 0.6 is 0 Å². The van der Waals surface area contributed by atoms with Crippen LogP contribution in [-0.4, -0.2) is 39.9 Å². The smallest absolute Gasteiger partial charge is 0.272 e. The van der Waals surface area contributed by atoms with E-state index in [-0.39, 0.29) is 12.0 Å². The zero-order valence-corrected chi connectivity index (χ0v) is 15.6. The van der Waals surface area contributed by atoms with E-state index in [1.54, 1.807) is 12.3 Å². The molecule has 27 heavy (non-hydrogen) atoms. The minimum absolute atomic E-state index is 0.160. The summed E-state index contributed by atoms with van der Waals surface area (Å²) in [4.78, 5) is 16.7. The molecule has 0 radical (unpaired) electrons. The molecular formula is C20H27N5O2. The highest BCUT2D eigenvalue weighted by Crippen LogP contribution is 2.23. The van der Waals surface area contributed by atoms with Crippen molar-refractivity contribution < 1.29 is 9.53 Å². The molecule has 2 fully saturated rings. The predicted molar refractivity (Wildman–Crippen MR) is 102 cm³/mol. The maximum Gasteiger partial charge on any atom is 0.272 e. The van der Waals surface area contributed by atoms with Gasteiger partial charge in [-0.2, -0.15) is 5.10 Å². The number of rotatable bonds is 6. The average molecular weight is 369 g/mol. The Bertz CT molecular complexity index is 763. The van der Waals surface area contributed by atoms with Crippen LogP contribution in [0.2, 0.25) is 0 Å². The third-order valence-corrected chi connectivity index (χ3v) is 5.33. The molecule has 1 aliphatic heterocycles. The van der Waals surface area contributed by atoms with E-state index in [2.05, 4.69) is 20.7 Å². The highest BCUT2D eigenvalue weighted by Gasteiger charge is 2.18. The van der Waals surface area contributed by atoms with Crippen molar-refractivity contribution >= 4 is 5.91 Å². The van der Waals surface area contributed by atoms with Gasteiger partial charge in [0, 0.05) is 31.5 Å². The van der Waals surface area contributed by atoms with Gasteiger partial charge in [0.15, 0.2) is 0 Å². The number of nitrogens with zero attached hydrogens (tertiary/aromatic N) is 3. The first-order valence-electron chi connectivity index (χ1n) is 9.93. The zero-order valence-electron chi connectivity index (χ0n) is 15.6. The number of piperidine rings is 1. The van der Waals surface area contributed by atoms with Crippen LogP contribution in [0.25, 0.3) is 0 Å². The third-order valence-electron chi connectivity index (χ3n) is 5.33. The second-order valence-electron chi connectivity index (χ2n) is 7.39. The molecule has 0 spiro atoms. The highest BCUT2D eigenvalue weighted by atomic mass is 16.5. The molecule has 1 unspecified atom stereocenters. The van der Waals surface area contributed by atoms with Gasteiger partial charge in [0.2, 0.25) is 5.88 Å². The minimum Gasteiger partial charge on any atom is -0.474 e. The Hall–Kier alpha value is -2.41. The van der Waals surface area contributed by atoms with Gasteiger partial charge in [-0.05, 0) is 62.8 Å². The Morgan fingerprint density at radius 2 is 2.15 bits per heavy atom. The van der Waals surface area contributed by atoms with Gasteiger partial charge in [-0.1, -0.05) is 0 Å². The molecule has 1 saturated heterocycles. The number of nitrogens with one attached hydrogen (secondary N) is 2. The van der Waals surface area contributed by atoms with Crippen LogP contribution in [0.1, 0.15) is 60.6 Å². The third kappa shape index (κ3) is 4.66. The number of ether oxygens (including phenoxy) is 1. The van der Waals surface area contributed by atoms with Crippen molar-refractivity contribution in [2.24, 2.45) is 0 Å². The highest BCUT2D eigenvalue weighted by molar-refractivity contribution is 5.92. The first-order chi connectivity index (χ1) is 13.3. The molecule has 7 heteroatoms. The summed E-state index contributed by atoms with van der Waals surface area (Å²) in [5.41, 5.74) is 1.43. The molecule has 2 aliphatic rings. The Kier molecular flexibility index (Phi) is 5.67. The Morgan fingerprint density at radius 3 is 2.96 bits per heavy atom. The van der Waals surface area contributed by atoms with E-state index in [1.165, 1.54) is 12.8 Å². The molecule has 1 saturated carbocycles. The van der Waals surface area contributed by atoms with E-state index in [9.17, 15) is 4.79 Å². The molecule has 1 aliphatic carbocycles. The topological polar surface area (TPSA) is 81.1 Å². The molecule has 2 aromatic heterocycles.